The highest BCUT2D eigenvalue weighted by atomic mass is 16.6. The number of nitrogens with one attached hydrogen (secondary N) is 1. The summed E-state index contributed by atoms with van der Waals surface area (Å²) in [6.07, 6.45) is 3.52. The Hall–Kier alpha value is -3.75. The van der Waals surface area contributed by atoms with Crippen molar-refractivity contribution in [2.75, 3.05) is 49.6 Å². The van der Waals surface area contributed by atoms with E-state index in [1.165, 1.54) is 6.42 Å². The van der Waals surface area contributed by atoms with Gasteiger partial charge < -0.3 is 29.1 Å². The molecule has 1 aliphatic carbocycles. The second-order valence-corrected chi connectivity index (χ2v) is 8.89. The van der Waals surface area contributed by atoms with Crippen LogP contribution in [0.5, 0.6) is 11.5 Å². The summed E-state index contributed by atoms with van der Waals surface area (Å²) in [5, 5.41) is 7.12. The summed E-state index contributed by atoms with van der Waals surface area (Å²) in [6.45, 7) is 3.89. The second kappa shape index (κ2) is 8.89. The fourth-order valence-electron chi connectivity index (χ4n) is 4.49. The molecule has 2 aliphatic heterocycles. The van der Waals surface area contributed by atoms with Crippen LogP contribution in [0.4, 0.5) is 16.2 Å². The van der Waals surface area contributed by atoms with Crippen LogP contribution >= 0.6 is 0 Å². The van der Waals surface area contributed by atoms with Crippen molar-refractivity contribution in [3.05, 3.63) is 48.4 Å². The number of fused-ring (bicyclic) bond motifs is 1. The highest BCUT2D eigenvalue weighted by molar-refractivity contribution is 5.90. The first kappa shape index (κ1) is 20.8. The van der Waals surface area contributed by atoms with E-state index in [4.69, 9.17) is 14.0 Å². The minimum atomic E-state index is -0.106. The van der Waals surface area contributed by atoms with E-state index in [-0.39, 0.29) is 6.03 Å². The van der Waals surface area contributed by atoms with Crippen molar-refractivity contribution in [2.24, 2.45) is 0 Å². The van der Waals surface area contributed by atoms with E-state index in [0.29, 0.717) is 55.2 Å². The van der Waals surface area contributed by atoms with Crippen LogP contribution in [0, 0.1) is 0 Å². The Bertz CT molecular complexity index is 1170. The normalized spacial score (nSPS) is 17.9. The molecular weight excluding hydrogens is 434 g/mol. The van der Waals surface area contributed by atoms with Gasteiger partial charge in [0.1, 0.15) is 13.2 Å². The number of carbonyl (C=O) groups is 1. The topological polar surface area (TPSA) is 93.0 Å². The number of ether oxygens (including phenoxy) is 2. The smallest absolute Gasteiger partial charge is 0.321 e. The SMILES string of the molecule is O=C(Nc1ccc2c(c1)OCCO2)N1CCN(c2ccc(-c3noc(C4CCC4)n3)cc2)CC1. The number of hydrogen-bond donors (Lipinski definition) is 1. The number of piperazine rings is 1. The van der Waals surface area contributed by atoms with Gasteiger partial charge in [0.05, 0.1) is 0 Å². The molecule has 176 valence electrons. The van der Waals surface area contributed by atoms with Gasteiger partial charge in [0.15, 0.2) is 11.5 Å². The van der Waals surface area contributed by atoms with E-state index in [9.17, 15) is 4.79 Å². The third kappa shape index (κ3) is 4.13. The molecule has 0 radical (unpaired) electrons. The summed E-state index contributed by atoms with van der Waals surface area (Å²) >= 11 is 0. The van der Waals surface area contributed by atoms with Crippen molar-refractivity contribution >= 4 is 17.4 Å². The summed E-state index contributed by atoms with van der Waals surface area (Å²) < 4.78 is 16.6. The quantitative estimate of drug-likeness (QED) is 0.624. The molecule has 0 bridgehead atoms. The van der Waals surface area contributed by atoms with Gasteiger partial charge >= 0.3 is 6.03 Å². The van der Waals surface area contributed by atoms with Crippen LogP contribution in [-0.2, 0) is 0 Å². The average molecular weight is 462 g/mol. The van der Waals surface area contributed by atoms with Crippen LogP contribution in [0.15, 0.2) is 47.0 Å². The maximum Gasteiger partial charge on any atom is 0.321 e. The van der Waals surface area contributed by atoms with Crippen molar-refractivity contribution < 1.29 is 18.8 Å². The fraction of sp³-hybridized carbons (Fsp3) is 0.400. The highest BCUT2D eigenvalue weighted by Gasteiger charge is 2.26. The summed E-state index contributed by atoms with van der Waals surface area (Å²) in [7, 11) is 0. The van der Waals surface area contributed by atoms with Gasteiger partial charge in [-0.1, -0.05) is 11.6 Å². The first-order valence-electron chi connectivity index (χ1n) is 11.9. The average Bonchev–Trinajstić information content (AvgIpc) is 3.32. The zero-order valence-corrected chi connectivity index (χ0v) is 18.9. The second-order valence-electron chi connectivity index (χ2n) is 8.89. The molecule has 2 amide bonds. The lowest BCUT2D eigenvalue weighted by Crippen LogP contribution is -2.50. The number of benzene rings is 2. The lowest BCUT2D eigenvalue weighted by Gasteiger charge is -2.36. The van der Waals surface area contributed by atoms with Crippen LogP contribution < -0.4 is 19.7 Å². The molecule has 1 aromatic heterocycles. The number of carbonyl (C=O) groups excluding carboxylic acids is 1. The molecule has 1 N–H and O–H groups in total. The van der Waals surface area contributed by atoms with Gasteiger partial charge in [0.2, 0.25) is 11.7 Å². The number of urea groups is 1. The Morgan fingerprint density at radius 2 is 1.71 bits per heavy atom. The number of hydrogen-bond acceptors (Lipinski definition) is 7. The van der Waals surface area contributed by atoms with Gasteiger partial charge in [-0.05, 0) is 49.2 Å². The molecule has 1 saturated carbocycles. The summed E-state index contributed by atoms with van der Waals surface area (Å²) in [5.74, 6) is 3.22. The zero-order chi connectivity index (χ0) is 22.9. The number of rotatable bonds is 4. The number of aromatic nitrogens is 2. The van der Waals surface area contributed by atoms with Gasteiger partial charge in [0, 0.05) is 55.1 Å². The maximum absolute atomic E-state index is 12.8. The third-order valence-corrected chi connectivity index (χ3v) is 6.75. The molecule has 0 spiro atoms. The molecule has 3 aliphatic rings. The minimum absolute atomic E-state index is 0.106. The predicted octanol–water partition coefficient (Wildman–Crippen LogP) is 4.13. The molecular formula is C25H27N5O4. The molecule has 0 atom stereocenters. The van der Waals surface area contributed by atoms with Crippen molar-refractivity contribution in [3.8, 4) is 22.9 Å². The first-order chi connectivity index (χ1) is 16.7. The van der Waals surface area contributed by atoms with E-state index in [0.717, 1.165) is 43.1 Å². The molecule has 0 unspecified atom stereocenters. The van der Waals surface area contributed by atoms with Crippen molar-refractivity contribution in [3.63, 3.8) is 0 Å². The molecule has 34 heavy (non-hydrogen) atoms. The first-order valence-corrected chi connectivity index (χ1v) is 11.9. The van der Waals surface area contributed by atoms with Crippen LogP contribution in [-0.4, -0.2) is 60.5 Å². The Balaban J connectivity index is 1.04. The minimum Gasteiger partial charge on any atom is -0.486 e. The summed E-state index contributed by atoms with van der Waals surface area (Å²) in [4.78, 5) is 21.5. The molecule has 3 heterocycles. The van der Waals surface area contributed by atoms with Gasteiger partial charge in [-0.3, -0.25) is 0 Å². The van der Waals surface area contributed by atoms with Crippen LogP contribution in [0.3, 0.4) is 0 Å². The lowest BCUT2D eigenvalue weighted by molar-refractivity contribution is 0.171. The van der Waals surface area contributed by atoms with Crippen LogP contribution in [0.2, 0.25) is 0 Å². The van der Waals surface area contributed by atoms with Gasteiger partial charge in [0.25, 0.3) is 0 Å². The molecule has 6 rings (SSSR count). The Morgan fingerprint density at radius 3 is 2.44 bits per heavy atom. The molecule has 3 aromatic rings. The van der Waals surface area contributed by atoms with Crippen LogP contribution in [0.1, 0.15) is 31.1 Å². The van der Waals surface area contributed by atoms with Crippen molar-refractivity contribution in [1.29, 1.82) is 0 Å². The third-order valence-electron chi connectivity index (χ3n) is 6.75. The molecule has 9 heteroatoms. The maximum atomic E-state index is 12.8. The molecule has 2 aromatic carbocycles. The Morgan fingerprint density at radius 1 is 0.941 bits per heavy atom. The fourth-order valence-corrected chi connectivity index (χ4v) is 4.49. The standard InChI is InChI=1S/C25H27N5O4/c31-25(26-19-6-9-21-22(16-19)33-15-14-32-21)30-12-10-29(11-13-30)20-7-4-17(5-8-20)23-27-24(34-28-23)18-2-1-3-18/h4-9,16,18H,1-3,10-15H2,(H,26,31). The molecule has 2 fully saturated rings. The van der Waals surface area contributed by atoms with Crippen LogP contribution in [0.25, 0.3) is 11.4 Å². The summed E-state index contributed by atoms with van der Waals surface area (Å²) in [6, 6.07) is 13.6. The van der Waals surface area contributed by atoms with E-state index in [1.807, 2.05) is 35.2 Å². The van der Waals surface area contributed by atoms with Gasteiger partial charge in [-0.2, -0.15) is 4.98 Å². The zero-order valence-electron chi connectivity index (χ0n) is 18.9. The van der Waals surface area contributed by atoms with E-state index < -0.39 is 0 Å². The van der Waals surface area contributed by atoms with E-state index in [2.05, 4.69) is 32.5 Å². The summed E-state index contributed by atoms with van der Waals surface area (Å²) in [5.41, 5.74) is 2.78. The Kier molecular flexibility index (Phi) is 5.44. The Labute approximate surface area is 197 Å². The molecule has 1 saturated heterocycles. The lowest BCUT2D eigenvalue weighted by atomic mass is 9.85. The highest BCUT2D eigenvalue weighted by Crippen LogP contribution is 2.36. The van der Waals surface area contributed by atoms with E-state index >= 15 is 0 Å². The largest absolute Gasteiger partial charge is 0.486 e. The van der Waals surface area contributed by atoms with E-state index in [1.54, 1.807) is 0 Å². The van der Waals surface area contributed by atoms with Crippen molar-refractivity contribution in [1.82, 2.24) is 15.0 Å². The number of nitrogens with zero attached hydrogens (tertiary/aromatic N) is 4. The van der Waals surface area contributed by atoms with Gasteiger partial charge in [-0.25, -0.2) is 4.79 Å². The number of amides is 2. The van der Waals surface area contributed by atoms with Crippen molar-refractivity contribution in [2.45, 2.75) is 25.2 Å². The monoisotopic (exact) mass is 461 g/mol. The van der Waals surface area contributed by atoms with Gasteiger partial charge in [-0.15, -0.1) is 0 Å². The number of anilines is 2. The predicted molar refractivity (Wildman–Crippen MR) is 127 cm³/mol. The molecule has 9 nitrogen and oxygen atoms in total.